The van der Waals surface area contributed by atoms with Gasteiger partial charge in [-0.15, -0.1) is 0 Å². The third-order valence-corrected chi connectivity index (χ3v) is 3.83. The number of aryl methyl sites for hydroxylation is 2. The van der Waals surface area contributed by atoms with Crippen LogP contribution in [0.2, 0.25) is 0 Å². The number of hydrogen-bond donors (Lipinski definition) is 1. The van der Waals surface area contributed by atoms with Gasteiger partial charge in [-0.2, -0.15) is 0 Å². The molecular formula is C17H19N3O2. The van der Waals surface area contributed by atoms with Crippen molar-refractivity contribution < 1.29 is 9.53 Å². The third-order valence-electron chi connectivity index (χ3n) is 3.83. The van der Waals surface area contributed by atoms with Crippen LogP contribution in [0.25, 0.3) is 0 Å². The summed E-state index contributed by atoms with van der Waals surface area (Å²) in [5.41, 5.74) is 3.20. The summed E-state index contributed by atoms with van der Waals surface area (Å²) in [4.78, 5) is 17.9. The number of urea groups is 1. The number of likely N-dealkylation sites (tertiary alicyclic amines) is 1. The number of amides is 2. The number of aromatic nitrogens is 1. The van der Waals surface area contributed by atoms with Crippen molar-refractivity contribution in [3.05, 3.63) is 53.9 Å². The minimum Gasteiger partial charge on any atom is -0.485 e. The third kappa shape index (κ3) is 3.19. The van der Waals surface area contributed by atoms with E-state index in [1.165, 1.54) is 11.1 Å². The Morgan fingerprint density at radius 2 is 2.09 bits per heavy atom. The van der Waals surface area contributed by atoms with Crippen LogP contribution in [-0.4, -0.2) is 35.1 Å². The molecule has 1 aromatic heterocycles. The van der Waals surface area contributed by atoms with E-state index in [9.17, 15) is 4.79 Å². The Hall–Kier alpha value is -2.56. The van der Waals surface area contributed by atoms with Gasteiger partial charge in [-0.1, -0.05) is 6.07 Å². The van der Waals surface area contributed by atoms with Crippen molar-refractivity contribution in [3.63, 3.8) is 0 Å². The van der Waals surface area contributed by atoms with Crippen LogP contribution >= 0.6 is 0 Å². The lowest BCUT2D eigenvalue weighted by Crippen LogP contribution is -2.57. The summed E-state index contributed by atoms with van der Waals surface area (Å²) in [6.07, 6.45) is 3.42. The molecular weight excluding hydrogens is 278 g/mol. The quantitative estimate of drug-likeness (QED) is 0.947. The summed E-state index contributed by atoms with van der Waals surface area (Å²) in [5.74, 6) is 0.738. The number of carbonyl (C=O) groups is 1. The lowest BCUT2D eigenvalue weighted by Gasteiger charge is -2.38. The van der Waals surface area contributed by atoms with Crippen LogP contribution in [0.1, 0.15) is 11.1 Å². The van der Waals surface area contributed by atoms with Crippen molar-refractivity contribution in [3.8, 4) is 5.75 Å². The van der Waals surface area contributed by atoms with Gasteiger partial charge in [-0.25, -0.2) is 4.79 Å². The molecule has 0 spiro atoms. The predicted octanol–water partition coefficient (Wildman–Crippen LogP) is 2.99. The molecule has 3 rings (SSSR count). The van der Waals surface area contributed by atoms with Crippen molar-refractivity contribution in [2.24, 2.45) is 0 Å². The summed E-state index contributed by atoms with van der Waals surface area (Å²) in [7, 11) is 0. The Balaban J connectivity index is 1.50. The molecule has 1 aromatic carbocycles. The molecule has 0 bridgehead atoms. The van der Waals surface area contributed by atoms with Crippen LogP contribution in [0.3, 0.4) is 0 Å². The number of hydrogen-bond acceptors (Lipinski definition) is 3. The molecule has 1 aliphatic rings. The van der Waals surface area contributed by atoms with E-state index in [1.807, 2.05) is 37.3 Å². The van der Waals surface area contributed by atoms with Gasteiger partial charge in [0.1, 0.15) is 11.9 Å². The fraction of sp³-hybridized carbons (Fsp3) is 0.294. The fourth-order valence-corrected chi connectivity index (χ4v) is 2.31. The molecule has 0 unspecified atom stereocenters. The normalized spacial score (nSPS) is 14.4. The first-order chi connectivity index (χ1) is 10.6. The van der Waals surface area contributed by atoms with Gasteiger partial charge in [0.2, 0.25) is 0 Å². The van der Waals surface area contributed by atoms with Crippen molar-refractivity contribution in [1.82, 2.24) is 9.88 Å². The molecule has 5 heteroatoms. The minimum absolute atomic E-state index is 0.0368. The van der Waals surface area contributed by atoms with Gasteiger partial charge in [0.25, 0.3) is 0 Å². The molecule has 1 aliphatic heterocycles. The number of rotatable bonds is 3. The van der Waals surface area contributed by atoms with Crippen LogP contribution in [0, 0.1) is 13.8 Å². The molecule has 0 aliphatic carbocycles. The lowest BCUT2D eigenvalue weighted by molar-refractivity contribution is 0.0490. The maximum absolute atomic E-state index is 12.1. The average Bonchev–Trinajstić information content (AvgIpc) is 2.47. The predicted molar refractivity (Wildman–Crippen MR) is 85.2 cm³/mol. The minimum atomic E-state index is -0.0886. The summed E-state index contributed by atoms with van der Waals surface area (Å²) >= 11 is 0. The zero-order valence-corrected chi connectivity index (χ0v) is 12.7. The Bertz CT molecular complexity index is 667. The van der Waals surface area contributed by atoms with Crippen LogP contribution in [0.15, 0.2) is 42.7 Å². The molecule has 1 fully saturated rings. The number of pyridine rings is 1. The number of benzene rings is 1. The van der Waals surface area contributed by atoms with Gasteiger partial charge < -0.3 is 15.0 Å². The van der Waals surface area contributed by atoms with E-state index in [0.717, 1.165) is 11.4 Å². The summed E-state index contributed by atoms with van der Waals surface area (Å²) in [6, 6.07) is 9.52. The zero-order chi connectivity index (χ0) is 15.5. The van der Waals surface area contributed by atoms with E-state index >= 15 is 0 Å². The molecule has 0 radical (unpaired) electrons. The van der Waals surface area contributed by atoms with Gasteiger partial charge >= 0.3 is 6.03 Å². The summed E-state index contributed by atoms with van der Waals surface area (Å²) < 4.78 is 5.73. The highest BCUT2D eigenvalue weighted by molar-refractivity contribution is 5.90. The van der Waals surface area contributed by atoms with Crippen molar-refractivity contribution in [2.45, 2.75) is 20.0 Å². The molecule has 114 valence electrons. The highest BCUT2D eigenvalue weighted by Crippen LogP contribution is 2.19. The standard InChI is InChI=1S/C17H19N3O2/c1-12-5-6-14(8-13(12)2)19-17(21)20-10-16(11-20)22-15-4-3-7-18-9-15/h3-9,16H,10-11H2,1-2H3,(H,19,21). The topological polar surface area (TPSA) is 54.5 Å². The highest BCUT2D eigenvalue weighted by Gasteiger charge is 2.32. The van der Waals surface area contributed by atoms with Crippen LogP contribution < -0.4 is 10.1 Å². The second-order valence-corrected chi connectivity index (χ2v) is 5.56. The van der Waals surface area contributed by atoms with E-state index < -0.39 is 0 Å². The molecule has 0 atom stereocenters. The molecule has 22 heavy (non-hydrogen) atoms. The first-order valence-corrected chi connectivity index (χ1v) is 7.31. The molecule has 0 saturated carbocycles. The summed E-state index contributed by atoms with van der Waals surface area (Å²) in [5, 5.41) is 2.92. The van der Waals surface area contributed by atoms with Gasteiger partial charge in [-0.05, 0) is 49.2 Å². The van der Waals surface area contributed by atoms with E-state index in [2.05, 4.69) is 17.2 Å². The van der Waals surface area contributed by atoms with E-state index in [1.54, 1.807) is 17.3 Å². The first-order valence-electron chi connectivity index (χ1n) is 7.31. The van der Waals surface area contributed by atoms with Crippen LogP contribution in [0.5, 0.6) is 5.75 Å². The maximum Gasteiger partial charge on any atom is 0.322 e. The zero-order valence-electron chi connectivity index (χ0n) is 12.7. The molecule has 2 heterocycles. The van der Waals surface area contributed by atoms with E-state index in [4.69, 9.17) is 4.74 Å². The molecule has 1 saturated heterocycles. The molecule has 2 aromatic rings. The van der Waals surface area contributed by atoms with E-state index in [-0.39, 0.29) is 12.1 Å². The smallest absolute Gasteiger partial charge is 0.322 e. The van der Waals surface area contributed by atoms with Gasteiger partial charge in [-0.3, -0.25) is 4.98 Å². The Morgan fingerprint density at radius 1 is 1.27 bits per heavy atom. The number of anilines is 1. The highest BCUT2D eigenvalue weighted by atomic mass is 16.5. The monoisotopic (exact) mass is 297 g/mol. The Kier molecular flexibility index (Phi) is 3.96. The lowest BCUT2D eigenvalue weighted by atomic mass is 10.1. The molecule has 2 amide bonds. The van der Waals surface area contributed by atoms with Crippen molar-refractivity contribution in [2.75, 3.05) is 18.4 Å². The van der Waals surface area contributed by atoms with Crippen molar-refractivity contribution >= 4 is 11.7 Å². The van der Waals surface area contributed by atoms with Gasteiger partial charge in [0, 0.05) is 11.9 Å². The second-order valence-electron chi connectivity index (χ2n) is 5.56. The SMILES string of the molecule is Cc1ccc(NC(=O)N2CC(Oc3cccnc3)C2)cc1C. The average molecular weight is 297 g/mol. The molecule has 1 N–H and O–H groups in total. The van der Waals surface area contributed by atoms with Crippen LogP contribution in [-0.2, 0) is 0 Å². The fourth-order valence-electron chi connectivity index (χ4n) is 2.31. The summed E-state index contributed by atoms with van der Waals surface area (Å²) in [6.45, 7) is 5.26. The van der Waals surface area contributed by atoms with Gasteiger partial charge in [0.15, 0.2) is 0 Å². The second kappa shape index (κ2) is 6.05. The van der Waals surface area contributed by atoms with Crippen molar-refractivity contribution in [1.29, 1.82) is 0 Å². The first kappa shape index (κ1) is 14.4. The number of nitrogens with zero attached hydrogens (tertiary/aromatic N) is 2. The molecule has 5 nitrogen and oxygen atoms in total. The number of ether oxygens (including phenoxy) is 1. The maximum atomic E-state index is 12.1. The largest absolute Gasteiger partial charge is 0.485 e. The van der Waals surface area contributed by atoms with Gasteiger partial charge in [0.05, 0.1) is 19.3 Å². The van der Waals surface area contributed by atoms with Crippen LogP contribution in [0.4, 0.5) is 10.5 Å². The number of carbonyl (C=O) groups excluding carboxylic acids is 1. The van der Waals surface area contributed by atoms with E-state index in [0.29, 0.717) is 13.1 Å². The Morgan fingerprint density at radius 3 is 2.77 bits per heavy atom. The Labute approximate surface area is 129 Å². The number of nitrogens with one attached hydrogen (secondary N) is 1.